The average molecular weight is 467 g/mol. The SMILES string of the molecule is CCN(CC(O)COc1ccc(N)cc1Cl)C(=O)OCC1c2ccccc2-c2ccccc21. The largest absolute Gasteiger partial charge is 0.489 e. The van der Waals surface area contributed by atoms with Crippen molar-refractivity contribution in [3.05, 3.63) is 82.9 Å². The van der Waals surface area contributed by atoms with Gasteiger partial charge in [0.2, 0.25) is 0 Å². The molecule has 0 saturated carbocycles. The predicted molar refractivity (Wildman–Crippen MR) is 130 cm³/mol. The molecule has 1 atom stereocenters. The Morgan fingerprint density at radius 1 is 1.09 bits per heavy atom. The lowest BCUT2D eigenvalue weighted by molar-refractivity contribution is 0.0533. The standard InChI is InChI=1S/C26H27ClN2O4/c1-2-29(14-18(30)15-32-25-12-11-17(28)13-24(25)27)26(31)33-16-23-21-9-5-3-7-19(21)20-8-4-6-10-22(20)23/h3-13,18,23,30H,2,14-16,28H2,1H3. The van der Waals surface area contributed by atoms with Crippen LogP contribution in [-0.2, 0) is 4.74 Å². The lowest BCUT2D eigenvalue weighted by Crippen LogP contribution is -2.40. The Balaban J connectivity index is 1.34. The summed E-state index contributed by atoms with van der Waals surface area (Å²) in [5, 5.41) is 10.8. The number of hydrogen-bond acceptors (Lipinski definition) is 5. The number of amides is 1. The summed E-state index contributed by atoms with van der Waals surface area (Å²) in [5.41, 5.74) is 10.9. The number of halogens is 1. The van der Waals surface area contributed by atoms with E-state index in [4.69, 9.17) is 26.8 Å². The molecule has 4 rings (SSSR count). The number of carbonyl (C=O) groups is 1. The molecule has 6 nitrogen and oxygen atoms in total. The van der Waals surface area contributed by atoms with E-state index in [1.165, 1.54) is 16.0 Å². The van der Waals surface area contributed by atoms with Crippen LogP contribution in [-0.4, -0.2) is 48.5 Å². The summed E-state index contributed by atoms with van der Waals surface area (Å²) in [6.45, 7) is 2.54. The number of nitrogens with two attached hydrogens (primary N) is 1. The third-order valence-electron chi connectivity index (χ3n) is 5.79. The van der Waals surface area contributed by atoms with Gasteiger partial charge < -0.3 is 25.2 Å². The van der Waals surface area contributed by atoms with E-state index in [1.54, 1.807) is 18.2 Å². The third kappa shape index (κ3) is 5.07. The number of nitrogens with zero attached hydrogens (tertiary/aromatic N) is 1. The number of anilines is 1. The van der Waals surface area contributed by atoms with Crippen LogP contribution < -0.4 is 10.5 Å². The van der Waals surface area contributed by atoms with Gasteiger partial charge in [-0.3, -0.25) is 0 Å². The smallest absolute Gasteiger partial charge is 0.409 e. The molecule has 1 aliphatic carbocycles. The Morgan fingerprint density at radius 3 is 2.33 bits per heavy atom. The number of fused-ring (bicyclic) bond motifs is 3. The van der Waals surface area contributed by atoms with Crippen LogP contribution in [0.4, 0.5) is 10.5 Å². The highest BCUT2D eigenvalue weighted by molar-refractivity contribution is 6.32. The highest BCUT2D eigenvalue weighted by Crippen LogP contribution is 2.44. The first-order chi connectivity index (χ1) is 16.0. The van der Waals surface area contributed by atoms with Gasteiger partial charge in [-0.15, -0.1) is 0 Å². The van der Waals surface area contributed by atoms with Gasteiger partial charge in [0, 0.05) is 18.2 Å². The van der Waals surface area contributed by atoms with Gasteiger partial charge in [0.1, 0.15) is 25.1 Å². The van der Waals surface area contributed by atoms with E-state index in [9.17, 15) is 9.90 Å². The fourth-order valence-electron chi connectivity index (χ4n) is 4.15. The van der Waals surface area contributed by atoms with Crippen molar-refractivity contribution < 1.29 is 19.4 Å². The van der Waals surface area contributed by atoms with Crippen LogP contribution in [0.2, 0.25) is 5.02 Å². The van der Waals surface area contributed by atoms with Crippen LogP contribution >= 0.6 is 11.6 Å². The molecule has 0 aliphatic heterocycles. The maximum atomic E-state index is 12.8. The van der Waals surface area contributed by atoms with Gasteiger partial charge >= 0.3 is 6.09 Å². The van der Waals surface area contributed by atoms with Crippen LogP contribution in [0, 0.1) is 0 Å². The van der Waals surface area contributed by atoms with E-state index >= 15 is 0 Å². The number of likely N-dealkylation sites (N-methyl/N-ethyl adjacent to an activating group) is 1. The Kier molecular flexibility index (Phi) is 7.06. The maximum Gasteiger partial charge on any atom is 0.409 e. The zero-order chi connectivity index (χ0) is 23.4. The molecule has 3 N–H and O–H groups in total. The van der Waals surface area contributed by atoms with Crippen molar-refractivity contribution in [3.63, 3.8) is 0 Å². The minimum atomic E-state index is -0.904. The quantitative estimate of drug-likeness (QED) is 0.459. The number of benzene rings is 3. The molecule has 0 saturated heterocycles. The van der Waals surface area contributed by atoms with E-state index in [0.29, 0.717) is 23.0 Å². The second-order valence-corrected chi connectivity index (χ2v) is 8.40. The summed E-state index contributed by atoms with van der Waals surface area (Å²) in [4.78, 5) is 14.2. The Labute approximate surface area is 198 Å². The molecule has 0 fully saturated rings. The summed E-state index contributed by atoms with van der Waals surface area (Å²) < 4.78 is 11.3. The molecule has 172 valence electrons. The van der Waals surface area contributed by atoms with Crippen LogP contribution in [0.5, 0.6) is 5.75 Å². The van der Waals surface area contributed by atoms with Crippen molar-refractivity contribution in [2.24, 2.45) is 0 Å². The highest BCUT2D eigenvalue weighted by atomic mass is 35.5. The number of nitrogen functional groups attached to an aromatic ring is 1. The van der Waals surface area contributed by atoms with Crippen molar-refractivity contribution in [1.29, 1.82) is 0 Å². The van der Waals surface area contributed by atoms with E-state index in [1.807, 2.05) is 31.2 Å². The van der Waals surface area contributed by atoms with Crippen LogP contribution in [0.1, 0.15) is 24.0 Å². The minimum Gasteiger partial charge on any atom is -0.489 e. The second-order valence-electron chi connectivity index (χ2n) is 8.00. The molecule has 1 aliphatic rings. The van der Waals surface area contributed by atoms with Gasteiger partial charge in [0.25, 0.3) is 0 Å². The monoisotopic (exact) mass is 466 g/mol. The van der Waals surface area contributed by atoms with Gasteiger partial charge in [0.05, 0.1) is 11.6 Å². The summed E-state index contributed by atoms with van der Waals surface area (Å²) in [6, 6.07) is 21.3. The number of aliphatic hydroxyl groups is 1. The maximum absolute atomic E-state index is 12.8. The molecule has 1 amide bonds. The summed E-state index contributed by atoms with van der Waals surface area (Å²) in [6.07, 6.45) is -1.37. The molecule has 1 unspecified atom stereocenters. The zero-order valence-electron chi connectivity index (χ0n) is 18.4. The predicted octanol–water partition coefficient (Wildman–Crippen LogP) is 4.93. The fraction of sp³-hybridized carbons (Fsp3) is 0.269. The molecular formula is C26H27ClN2O4. The first-order valence-corrected chi connectivity index (χ1v) is 11.3. The van der Waals surface area contributed by atoms with Crippen molar-refractivity contribution in [2.75, 3.05) is 32.0 Å². The zero-order valence-corrected chi connectivity index (χ0v) is 19.2. The first kappa shape index (κ1) is 23.0. The van der Waals surface area contributed by atoms with Crippen molar-refractivity contribution in [2.45, 2.75) is 18.9 Å². The van der Waals surface area contributed by atoms with Crippen LogP contribution in [0.25, 0.3) is 11.1 Å². The van der Waals surface area contributed by atoms with Crippen LogP contribution in [0.15, 0.2) is 66.7 Å². The van der Waals surface area contributed by atoms with Crippen LogP contribution in [0.3, 0.4) is 0 Å². The number of aliphatic hydroxyl groups excluding tert-OH is 1. The van der Waals surface area contributed by atoms with E-state index in [0.717, 1.165) is 11.1 Å². The summed E-state index contributed by atoms with van der Waals surface area (Å²) in [7, 11) is 0. The second kappa shape index (κ2) is 10.1. The van der Waals surface area contributed by atoms with Crippen molar-refractivity contribution in [3.8, 4) is 16.9 Å². The van der Waals surface area contributed by atoms with E-state index < -0.39 is 12.2 Å². The Morgan fingerprint density at radius 2 is 1.73 bits per heavy atom. The Bertz CT molecular complexity index is 1090. The summed E-state index contributed by atoms with van der Waals surface area (Å²) >= 11 is 6.10. The number of hydrogen-bond donors (Lipinski definition) is 2. The van der Waals surface area contributed by atoms with Gasteiger partial charge in [0.15, 0.2) is 0 Å². The molecule has 0 spiro atoms. The molecule has 0 aromatic heterocycles. The lowest BCUT2D eigenvalue weighted by atomic mass is 9.98. The number of rotatable bonds is 8. The first-order valence-electron chi connectivity index (χ1n) is 10.9. The third-order valence-corrected chi connectivity index (χ3v) is 6.09. The van der Waals surface area contributed by atoms with Gasteiger partial charge in [-0.1, -0.05) is 60.1 Å². The molecule has 0 radical (unpaired) electrons. The molecule has 0 heterocycles. The summed E-state index contributed by atoms with van der Waals surface area (Å²) in [5.74, 6) is 0.412. The topological polar surface area (TPSA) is 85.0 Å². The minimum absolute atomic E-state index is 0.0130. The van der Waals surface area contributed by atoms with E-state index in [2.05, 4.69) is 24.3 Å². The molecular weight excluding hydrogens is 440 g/mol. The van der Waals surface area contributed by atoms with Gasteiger partial charge in [-0.25, -0.2) is 4.79 Å². The fourth-order valence-corrected chi connectivity index (χ4v) is 4.39. The molecule has 0 bridgehead atoms. The lowest BCUT2D eigenvalue weighted by Gasteiger charge is -2.24. The normalized spacial score (nSPS) is 13.2. The molecule has 7 heteroatoms. The average Bonchev–Trinajstić information content (AvgIpc) is 3.14. The van der Waals surface area contributed by atoms with Crippen molar-refractivity contribution in [1.82, 2.24) is 4.90 Å². The Hall–Kier alpha value is -3.22. The molecule has 3 aromatic rings. The van der Waals surface area contributed by atoms with Gasteiger partial charge in [-0.05, 0) is 47.4 Å². The number of carbonyl (C=O) groups excluding carboxylic acids is 1. The number of ether oxygens (including phenoxy) is 2. The van der Waals surface area contributed by atoms with E-state index in [-0.39, 0.29) is 25.7 Å². The molecule has 33 heavy (non-hydrogen) atoms. The molecule has 3 aromatic carbocycles. The van der Waals surface area contributed by atoms with Gasteiger partial charge in [-0.2, -0.15) is 0 Å². The van der Waals surface area contributed by atoms with Crippen molar-refractivity contribution >= 4 is 23.4 Å². The highest BCUT2D eigenvalue weighted by Gasteiger charge is 2.29.